The molecule has 1 aromatic carbocycles. The first-order chi connectivity index (χ1) is 11.6. The zero-order valence-corrected chi connectivity index (χ0v) is 15.3. The van der Waals surface area contributed by atoms with Crippen molar-refractivity contribution in [3.05, 3.63) is 29.3 Å². The van der Waals surface area contributed by atoms with E-state index in [0.29, 0.717) is 13.2 Å². The Hall–Kier alpha value is -2.12. The summed E-state index contributed by atoms with van der Waals surface area (Å²) in [6.07, 6.45) is 0.945. The van der Waals surface area contributed by atoms with Gasteiger partial charge in [0, 0.05) is 6.54 Å². The number of aliphatic hydroxyl groups excluding tert-OH is 1. The molecular weight excluding hydrogens is 326 g/mol. The highest BCUT2D eigenvalue weighted by atomic mass is 16.5. The van der Waals surface area contributed by atoms with Crippen molar-refractivity contribution in [1.29, 1.82) is 0 Å². The maximum absolute atomic E-state index is 9.10. The maximum atomic E-state index is 9.10. The van der Waals surface area contributed by atoms with Gasteiger partial charge < -0.3 is 25.4 Å². The highest BCUT2D eigenvalue weighted by Crippen LogP contribution is 2.27. The van der Waals surface area contributed by atoms with Crippen LogP contribution >= 0.6 is 0 Å². The zero-order chi connectivity index (χ0) is 19.5. The highest BCUT2D eigenvalue weighted by molar-refractivity contribution is 6.27. The Balaban J connectivity index is 0.000000823. The van der Waals surface area contributed by atoms with E-state index < -0.39 is 11.9 Å². The molecule has 0 heterocycles. The van der Waals surface area contributed by atoms with Gasteiger partial charge in [0.05, 0.1) is 13.2 Å². The summed E-state index contributed by atoms with van der Waals surface area (Å²) in [7, 11) is 0. The van der Waals surface area contributed by atoms with Crippen LogP contribution in [-0.2, 0) is 15.0 Å². The van der Waals surface area contributed by atoms with Crippen molar-refractivity contribution in [3.8, 4) is 5.75 Å². The zero-order valence-electron chi connectivity index (χ0n) is 15.3. The summed E-state index contributed by atoms with van der Waals surface area (Å²) in [5.41, 5.74) is 2.70. The second-order valence-electron chi connectivity index (χ2n) is 6.52. The molecule has 0 aliphatic rings. The van der Waals surface area contributed by atoms with E-state index in [9.17, 15) is 0 Å². The van der Waals surface area contributed by atoms with Gasteiger partial charge in [-0.25, -0.2) is 9.59 Å². The fourth-order valence-electron chi connectivity index (χ4n) is 1.86. The van der Waals surface area contributed by atoms with E-state index >= 15 is 0 Å². The molecule has 0 atom stereocenters. The van der Waals surface area contributed by atoms with Crippen LogP contribution < -0.4 is 10.1 Å². The average molecular weight is 355 g/mol. The molecule has 0 fully saturated rings. The minimum absolute atomic E-state index is 0.178. The number of carbonyl (C=O) groups is 2. The van der Waals surface area contributed by atoms with Crippen molar-refractivity contribution in [2.45, 2.75) is 39.5 Å². The topological polar surface area (TPSA) is 116 Å². The third-order valence-electron chi connectivity index (χ3n) is 3.27. The molecule has 0 aromatic heterocycles. The number of aryl methyl sites for hydroxylation is 1. The molecule has 25 heavy (non-hydrogen) atoms. The molecule has 142 valence electrons. The van der Waals surface area contributed by atoms with E-state index in [1.54, 1.807) is 0 Å². The first-order valence-electron chi connectivity index (χ1n) is 8.11. The van der Waals surface area contributed by atoms with E-state index in [0.717, 1.165) is 18.7 Å². The maximum Gasteiger partial charge on any atom is 0.414 e. The van der Waals surface area contributed by atoms with Crippen molar-refractivity contribution in [2.75, 3.05) is 26.3 Å². The van der Waals surface area contributed by atoms with Gasteiger partial charge in [0.1, 0.15) is 5.75 Å². The minimum atomic E-state index is -1.82. The van der Waals surface area contributed by atoms with Crippen LogP contribution in [0.4, 0.5) is 0 Å². The van der Waals surface area contributed by atoms with Gasteiger partial charge in [0.25, 0.3) is 0 Å². The lowest BCUT2D eigenvalue weighted by atomic mass is 9.86. The molecular formula is C18H29NO6. The number of hydrogen-bond acceptors (Lipinski definition) is 5. The number of carboxylic acids is 2. The summed E-state index contributed by atoms with van der Waals surface area (Å²) in [4.78, 5) is 18.2. The summed E-state index contributed by atoms with van der Waals surface area (Å²) in [6.45, 7) is 11.2. The van der Waals surface area contributed by atoms with Crippen molar-refractivity contribution in [3.63, 3.8) is 0 Å². The number of aliphatic hydroxyl groups is 1. The molecule has 1 aromatic rings. The van der Waals surface area contributed by atoms with Gasteiger partial charge in [-0.05, 0) is 42.5 Å². The molecule has 7 heteroatoms. The Bertz CT molecular complexity index is 539. The average Bonchev–Trinajstić information content (AvgIpc) is 2.51. The summed E-state index contributed by atoms with van der Waals surface area (Å²) in [5.74, 6) is -2.68. The summed E-state index contributed by atoms with van der Waals surface area (Å²) < 4.78 is 5.78. The van der Waals surface area contributed by atoms with Gasteiger partial charge in [-0.15, -0.1) is 0 Å². The minimum Gasteiger partial charge on any atom is -0.493 e. The molecule has 0 aliphatic carbocycles. The molecule has 0 saturated carbocycles. The number of carboxylic acid groups (broad SMARTS) is 2. The van der Waals surface area contributed by atoms with Crippen LogP contribution in [0.3, 0.4) is 0 Å². The number of benzene rings is 1. The molecule has 4 N–H and O–H groups in total. The summed E-state index contributed by atoms with van der Waals surface area (Å²) >= 11 is 0. The van der Waals surface area contributed by atoms with Crippen molar-refractivity contribution in [1.82, 2.24) is 5.32 Å². The van der Waals surface area contributed by atoms with Crippen molar-refractivity contribution in [2.24, 2.45) is 0 Å². The number of rotatable bonds is 7. The van der Waals surface area contributed by atoms with Crippen LogP contribution in [0.2, 0.25) is 0 Å². The lowest BCUT2D eigenvalue weighted by Gasteiger charge is -2.20. The molecule has 7 nitrogen and oxygen atoms in total. The Morgan fingerprint density at radius 1 is 1.12 bits per heavy atom. The van der Waals surface area contributed by atoms with E-state index in [-0.39, 0.29) is 12.0 Å². The predicted octanol–water partition coefficient (Wildman–Crippen LogP) is 1.80. The molecule has 0 radical (unpaired) electrons. The van der Waals surface area contributed by atoms with Gasteiger partial charge in [0.2, 0.25) is 0 Å². The molecule has 0 spiro atoms. The number of hydrogen-bond donors (Lipinski definition) is 4. The van der Waals surface area contributed by atoms with E-state index in [4.69, 9.17) is 29.6 Å². The van der Waals surface area contributed by atoms with Gasteiger partial charge in [-0.3, -0.25) is 0 Å². The molecule has 0 aliphatic heterocycles. The summed E-state index contributed by atoms with van der Waals surface area (Å²) in [5, 5.41) is 26.6. The predicted molar refractivity (Wildman–Crippen MR) is 95.2 cm³/mol. The lowest BCUT2D eigenvalue weighted by Crippen LogP contribution is -2.21. The number of nitrogens with one attached hydrogen (secondary N) is 1. The van der Waals surface area contributed by atoms with E-state index in [1.807, 2.05) is 0 Å². The van der Waals surface area contributed by atoms with Crippen LogP contribution in [-0.4, -0.2) is 53.6 Å². The summed E-state index contributed by atoms with van der Waals surface area (Å²) in [6, 6.07) is 6.42. The number of aliphatic carboxylic acids is 2. The molecule has 0 bridgehead atoms. The first-order valence-corrected chi connectivity index (χ1v) is 8.11. The fraction of sp³-hybridized carbons (Fsp3) is 0.556. The normalized spacial score (nSPS) is 10.6. The third-order valence-corrected chi connectivity index (χ3v) is 3.27. The van der Waals surface area contributed by atoms with Crippen LogP contribution in [0, 0.1) is 6.92 Å². The Morgan fingerprint density at radius 3 is 2.16 bits per heavy atom. The molecule has 0 amide bonds. The Kier molecular flexibility index (Phi) is 10.5. The number of ether oxygens (including phenoxy) is 1. The van der Waals surface area contributed by atoms with Crippen molar-refractivity contribution < 1.29 is 29.6 Å². The third kappa shape index (κ3) is 10.4. The molecule has 0 unspecified atom stereocenters. The van der Waals surface area contributed by atoms with Crippen LogP contribution in [0.25, 0.3) is 0 Å². The van der Waals surface area contributed by atoms with Gasteiger partial charge in [0.15, 0.2) is 0 Å². The quantitative estimate of drug-likeness (QED) is 0.435. The Labute approximate surface area is 148 Å². The SMILES string of the molecule is Cc1cc(C(C)(C)C)ccc1OCCCNCCO.O=C(O)C(=O)O. The standard InChI is InChI=1S/C16H27NO2.C2H2O4/c1-13-12-14(16(2,3)4)6-7-15(13)19-11-5-8-17-9-10-18;3-1(4)2(5)6/h6-7,12,17-18H,5,8-11H2,1-4H3;(H,3,4)(H,5,6). The molecule has 1 rings (SSSR count). The van der Waals surface area contributed by atoms with Crippen LogP contribution in [0.1, 0.15) is 38.3 Å². The largest absolute Gasteiger partial charge is 0.493 e. The van der Waals surface area contributed by atoms with Crippen LogP contribution in [0.5, 0.6) is 5.75 Å². The van der Waals surface area contributed by atoms with Gasteiger partial charge >= 0.3 is 11.9 Å². The smallest absolute Gasteiger partial charge is 0.414 e. The van der Waals surface area contributed by atoms with Crippen molar-refractivity contribution >= 4 is 11.9 Å². The highest BCUT2D eigenvalue weighted by Gasteiger charge is 2.14. The van der Waals surface area contributed by atoms with Crippen LogP contribution in [0.15, 0.2) is 18.2 Å². The fourth-order valence-corrected chi connectivity index (χ4v) is 1.86. The van der Waals surface area contributed by atoms with E-state index in [1.165, 1.54) is 11.1 Å². The monoisotopic (exact) mass is 355 g/mol. The second kappa shape index (κ2) is 11.4. The first kappa shape index (κ1) is 22.9. The lowest BCUT2D eigenvalue weighted by molar-refractivity contribution is -0.159. The van der Waals surface area contributed by atoms with E-state index in [2.05, 4.69) is 51.2 Å². The Morgan fingerprint density at radius 2 is 1.72 bits per heavy atom. The second-order valence-corrected chi connectivity index (χ2v) is 6.52. The molecule has 0 saturated heterocycles. The van der Waals surface area contributed by atoms with Gasteiger partial charge in [-0.1, -0.05) is 32.9 Å². The van der Waals surface area contributed by atoms with Gasteiger partial charge in [-0.2, -0.15) is 0 Å².